The van der Waals surface area contributed by atoms with E-state index in [4.69, 9.17) is 4.74 Å². The summed E-state index contributed by atoms with van der Waals surface area (Å²) < 4.78 is 6.78. The highest BCUT2D eigenvalue weighted by atomic mass is 16.5. The molecule has 1 aromatic rings. The van der Waals surface area contributed by atoms with Gasteiger partial charge in [-0.1, -0.05) is 6.92 Å². The van der Waals surface area contributed by atoms with Crippen molar-refractivity contribution >= 4 is 11.9 Å². The van der Waals surface area contributed by atoms with Gasteiger partial charge in [-0.3, -0.25) is 9.48 Å². The van der Waals surface area contributed by atoms with Gasteiger partial charge in [-0.25, -0.2) is 4.79 Å². The van der Waals surface area contributed by atoms with Crippen molar-refractivity contribution in [2.45, 2.75) is 52.6 Å². The van der Waals surface area contributed by atoms with Gasteiger partial charge in [0.15, 0.2) is 0 Å². The third-order valence-corrected chi connectivity index (χ3v) is 3.78. The van der Waals surface area contributed by atoms with E-state index in [2.05, 4.69) is 5.10 Å². The van der Waals surface area contributed by atoms with Crippen LogP contribution in [0.2, 0.25) is 0 Å². The molecule has 1 aliphatic heterocycles. The van der Waals surface area contributed by atoms with Crippen molar-refractivity contribution < 1.29 is 14.3 Å². The zero-order chi connectivity index (χ0) is 15.4. The SMILES string of the molecule is CCOC(=O)C1CCCN1C(=O)c1cc(CC)nn1CC. The number of ether oxygens (including phenoxy) is 1. The Labute approximate surface area is 125 Å². The number of likely N-dealkylation sites (tertiary alicyclic amines) is 1. The molecule has 0 aliphatic carbocycles. The summed E-state index contributed by atoms with van der Waals surface area (Å²) in [6.45, 7) is 7.31. The molecule has 6 nitrogen and oxygen atoms in total. The fourth-order valence-electron chi connectivity index (χ4n) is 2.70. The number of carbonyl (C=O) groups is 2. The van der Waals surface area contributed by atoms with Gasteiger partial charge >= 0.3 is 5.97 Å². The fraction of sp³-hybridized carbons (Fsp3) is 0.667. The molecule has 116 valence electrons. The molecule has 1 unspecified atom stereocenters. The average Bonchev–Trinajstić information content (AvgIpc) is 3.13. The third-order valence-electron chi connectivity index (χ3n) is 3.78. The van der Waals surface area contributed by atoms with Crippen molar-refractivity contribution in [1.29, 1.82) is 0 Å². The second-order valence-corrected chi connectivity index (χ2v) is 5.10. The second kappa shape index (κ2) is 6.74. The van der Waals surface area contributed by atoms with Gasteiger partial charge in [0.2, 0.25) is 0 Å². The lowest BCUT2D eigenvalue weighted by Gasteiger charge is -2.23. The highest BCUT2D eigenvalue weighted by Crippen LogP contribution is 2.22. The Morgan fingerprint density at radius 1 is 1.38 bits per heavy atom. The Hall–Kier alpha value is -1.85. The molecule has 1 amide bonds. The topological polar surface area (TPSA) is 64.4 Å². The van der Waals surface area contributed by atoms with Crippen molar-refractivity contribution in [3.63, 3.8) is 0 Å². The quantitative estimate of drug-likeness (QED) is 0.774. The van der Waals surface area contributed by atoms with Crippen LogP contribution in [0.3, 0.4) is 0 Å². The summed E-state index contributed by atoms with van der Waals surface area (Å²) in [7, 11) is 0. The van der Waals surface area contributed by atoms with Gasteiger partial charge in [-0.15, -0.1) is 0 Å². The van der Waals surface area contributed by atoms with Gasteiger partial charge in [0.25, 0.3) is 5.91 Å². The van der Waals surface area contributed by atoms with Crippen molar-refractivity contribution in [2.24, 2.45) is 0 Å². The molecule has 1 saturated heterocycles. The summed E-state index contributed by atoms with van der Waals surface area (Å²) in [5, 5.41) is 4.40. The first-order valence-corrected chi connectivity index (χ1v) is 7.66. The number of nitrogens with zero attached hydrogens (tertiary/aromatic N) is 3. The van der Waals surface area contributed by atoms with E-state index in [1.807, 2.05) is 19.9 Å². The Balaban J connectivity index is 2.22. The van der Waals surface area contributed by atoms with Crippen LogP contribution in [0.1, 0.15) is 49.8 Å². The molecule has 2 rings (SSSR count). The fourth-order valence-corrected chi connectivity index (χ4v) is 2.70. The normalized spacial score (nSPS) is 18.0. The van der Waals surface area contributed by atoms with Crippen molar-refractivity contribution in [1.82, 2.24) is 14.7 Å². The minimum Gasteiger partial charge on any atom is -0.464 e. The van der Waals surface area contributed by atoms with E-state index in [1.54, 1.807) is 16.5 Å². The second-order valence-electron chi connectivity index (χ2n) is 5.10. The number of hydrogen-bond donors (Lipinski definition) is 0. The van der Waals surface area contributed by atoms with Gasteiger partial charge in [0, 0.05) is 13.1 Å². The number of esters is 1. The standard InChI is InChI=1S/C15H23N3O3/c1-4-11-10-13(18(5-2)16-11)14(19)17-9-7-8-12(17)15(20)21-6-3/h10,12H,4-9H2,1-3H3. The summed E-state index contributed by atoms with van der Waals surface area (Å²) >= 11 is 0. The minimum absolute atomic E-state index is 0.125. The zero-order valence-corrected chi connectivity index (χ0v) is 13.0. The van der Waals surface area contributed by atoms with Crippen LogP contribution in [-0.2, 0) is 22.5 Å². The Kier molecular flexibility index (Phi) is 4.98. The predicted molar refractivity (Wildman–Crippen MR) is 78.0 cm³/mol. The van der Waals surface area contributed by atoms with E-state index in [0.29, 0.717) is 31.8 Å². The molecule has 0 saturated carbocycles. The minimum atomic E-state index is -0.456. The molecule has 2 heterocycles. The summed E-state index contributed by atoms with van der Waals surface area (Å²) in [5.74, 6) is -0.429. The van der Waals surface area contributed by atoms with Gasteiger partial charge in [-0.2, -0.15) is 5.10 Å². The molecule has 0 N–H and O–H groups in total. The van der Waals surface area contributed by atoms with Crippen LogP contribution in [0, 0.1) is 0 Å². The molecule has 1 aliphatic rings. The largest absolute Gasteiger partial charge is 0.464 e. The predicted octanol–water partition coefficient (Wildman–Crippen LogP) is 1.63. The summed E-state index contributed by atoms with van der Waals surface area (Å²) in [4.78, 5) is 26.3. The lowest BCUT2D eigenvalue weighted by molar-refractivity contribution is -0.147. The van der Waals surface area contributed by atoms with E-state index < -0.39 is 6.04 Å². The van der Waals surface area contributed by atoms with Gasteiger partial charge in [0.1, 0.15) is 11.7 Å². The van der Waals surface area contributed by atoms with E-state index in [9.17, 15) is 9.59 Å². The maximum atomic E-state index is 12.7. The van der Waals surface area contributed by atoms with E-state index in [0.717, 1.165) is 18.5 Å². The van der Waals surface area contributed by atoms with Crippen molar-refractivity contribution in [3.05, 3.63) is 17.5 Å². The number of rotatable bonds is 5. The average molecular weight is 293 g/mol. The van der Waals surface area contributed by atoms with Crippen LogP contribution in [0.15, 0.2) is 6.07 Å². The molecule has 0 radical (unpaired) electrons. The first kappa shape index (κ1) is 15.5. The van der Waals surface area contributed by atoms with E-state index >= 15 is 0 Å². The maximum absolute atomic E-state index is 12.7. The van der Waals surface area contributed by atoms with Crippen LogP contribution in [-0.4, -0.2) is 45.8 Å². The molecule has 0 bridgehead atoms. The van der Waals surface area contributed by atoms with Crippen LogP contribution >= 0.6 is 0 Å². The first-order chi connectivity index (χ1) is 10.1. The molecule has 1 atom stereocenters. The summed E-state index contributed by atoms with van der Waals surface area (Å²) in [5.41, 5.74) is 1.46. The molecule has 1 aromatic heterocycles. The zero-order valence-electron chi connectivity index (χ0n) is 13.0. The monoisotopic (exact) mass is 293 g/mol. The number of hydrogen-bond acceptors (Lipinski definition) is 4. The Morgan fingerprint density at radius 3 is 2.76 bits per heavy atom. The molecule has 0 spiro atoms. The third kappa shape index (κ3) is 3.09. The highest BCUT2D eigenvalue weighted by Gasteiger charge is 2.36. The van der Waals surface area contributed by atoms with Crippen LogP contribution in [0.5, 0.6) is 0 Å². The summed E-state index contributed by atoms with van der Waals surface area (Å²) in [6.07, 6.45) is 2.29. The van der Waals surface area contributed by atoms with E-state index in [-0.39, 0.29) is 11.9 Å². The van der Waals surface area contributed by atoms with Gasteiger partial charge < -0.3 is 9.64 Å². The van der Waals surface area contributed by atoms with Crippen LogP contribution < -0.4 is 0 Å². The van der Waals surface area contributed by atoms with Crippen molar-refractivity contribution in [3.8, 4) is 0 Å². The molecule has 0 aromatic carbocycles. The van der Waals surface area contributed by atoms with Gasteiger partial charge in [-0.05, 0) is 39.2 Å². The Morgan fingerprint density at radius 2 is 2.14 bits per heavy atom. The molecular formula is C15H23N3O3. The number of carbonyl (C=O) groups excluding carboxylic acids is 2. The Bertz CT molecular complexity index is 524. The lowest BCUT2D eigenvalue weighted by Crippen LogP contribution is -2.42. The maximum Gasteiger partial charge on any atom is 0.328 e. The van der Waals surface area contributed by atoms with Crippen molar-refractivity contribution in [2.75, 3.05) is 13.2 Å². The van der Waals surface area contributed by atoms with Gasteiger partial charge in [0.05, 0.1) is 12.3 Å². The smallest absolute Gasteiger partial charge is 0.328 e. The number of amides is 1. The molecule has 21 heavy (non-hydrogen) atoms. The number of aryl methyl sites for hydroxylation is 2. The molecular weight excluding hydrogens is 270 g/mol. The van der Waals surface area contributed by atoms with E-state index in [1.165, 1.54) is 0 Å². The summed E-state index contributed by atoms with van der Waals surface area (Å²) in [6, 6.07) is 1.37. The van der Waals surface area contributed by atoms with Crippen LogP contribution in [0.25, 0.3) is 0 Å². The highest BCUT2D eigenvalue weighted by molar-refractivity contribution is 5.96. The van der Waals surface area contributed by atoms with Crippen LogP contribution in [0.4, 0.5) is 0 Å². The molecule has 6 heteroatoms. The molecule has 1 fully saturated rings. The number of aromatic nitrogens is 2. The first-order valence-electron chi connectivity index (χ1n) is 7.66. The lowest BCUT2D eigenvalue weighted by atomic mass is 10.2.